The molecule has 1 aliphatic heterocycles. The van der Waals surface area contributed by atoms with Gasteiger partial charge in [0, 0.05) is 18.6 Å². The number of hydrogen-bond acceptors (Lipinski definition) is 5. The van der Waals surface area contributed by atoms with Gasteiger partial charge in [-0.2, -0.15) is 0 Å². The first-order chi connectivity index (χ1) is 13.3. The van der Waals surface area contributed by atoms with Crippen LogP contribution in [0.1, 0.15) is 58.9 Å². The van der Waals surface area contributed by atoms with E-state index >= 15 is 0 Å². The van der Waals surface area contributed by atoms with Crippen molar-refractivity contribution >= 4 is 31.6 Å². The van der Waals surface area contributed by atoms with Crippen molar-refractivity contribution in [2.45, 2.75) is 69.9 Å². The molecule has 1 aromatic heterocycles. The minimum atomic E-state index is -3.57. The van der Waals surface area contributed by atoms with Gasteiger partial charge in [-0.15, -0.1) is 0 Å². The van der Waals surface area contributed by atoms with Crippen LogP contribution >= 0.6 is 11.3 Å². The van der Waals surface area contributed by atoms with Crippen LogP contribution in [-0.2, 0) is 10.0 Å². The van der Waals surface area contributed by atoms with E-state index in [0.29, 0.717) is 17.3 Å². The van der Waals surface area contributed by atoms with Crippen molar-refractivity contribution in [1.29, 1.82) is 0 Å². The van der Waals surface area contributed by atoms with Gasteiger partial charge in [-0.05, 0) is 70.8 Å². The third kappa shape index (κ3) is 4.67. The predicted molar refractivity (Wildman–Crippen MR) is 116 cm³/mol. The molecule has 0 amide bonds. The Labute approximate surface area is 171 Å². The maximum absolute atomic E-state index is 12.7. The maximum Gasteiger partial charge on any atom is 0.308 e. The van der Waals surface area contributed by atoms with E-state index in [4.69, 9.17) is 0 Å². The number of rotatable bonds is 8. The first-order valence-electron chi connectivity index (χ1n) is 10.2. The number of hydrogen-bond donors (Lipinski definition) is 1. The third-order valence-electron chi connectivity index (χ3n) is 5.55. The number of benzene rings is 1. The van der Waals surface area contributed by atoms with Gasteiger partial charge in [0.15, 0.2) is 0 Å². The van der Waals surface area contributed by atoms with Crippen LogP contribution in [0, 0.1) is 0 Å². The molecule has 1 atom stereocenters. The Kier molecular flexibility index (Phi) is 6.96. The van der Waals surface area contributed by atoms with Gasteiger partial charge in [0.2, 0.25) is 10.0 Å². The quantitative estimate of drug-likeness (QED) is 0.656. The van der Waals surface area contributed by atoms with Crippen LogP contribution < -0.4 is 9.60 Å². The van der Waals surface area contributed by atoms with Crippen molar-refractivity contribution < 1.29 is 8.42 Å². The molecule has 1 N–H and O–H groups in total. The van der Waals surface area contributed by atoms with Crippen molar-refractivity contribution in [2.75, 3.05) is 19.6 Å². The number of piperidine rings is 1. The Morgan fingerprint density at radius 3 is 2.79 bits per heavy atom. The Bertz CT molecular complexity index is 963. The molecule has 1 fully saturated rings. The zero-order valence-corrected chi connectivity index (χ0v) is 18.6. The first-order valence-corrected chi connectivity index (χ1v) is 12.5. The van der Waals surface area contributed by atoms with E-state index in [-0.39, 0.29) is 15.8 Å². The van der Waals surface area contributed by atoms with Crippen LogP contribution in [0.5, 0.6) is 0 Å². The Balaban J connectivity index is 1.63. The van der Waals surface area contributed by atoms with E-state index in [1.165, 1.54) is 19.3 Å². The van der Waals surface area contributed by atoms with E-state index in [0.717, 1.165) is 42.8 Å². The fraction of sp³-hybridized carbons (Fsp3) is 0.650. The molecule has 1 aromatic carbocycles. The van der Waals surface area contributed by atoms with Crippen molar-refractivity contribution in [2.24, 2.45) is 0 Å². The van der Waals surface area contributed by atoms with Gasteiger partial charge >= 0.3 is 4.87 Å². The second kappa shape index (κ2) is 9.07. The molecule has 28 heavy (non-hydrogen) atoms. The number of thiazole rings is 1. The first kappa shape index (κ1) is 21.5. The van der Waals surface area contributed by atoms with Gasteiger partial charge in [0.25, 0.3) is 0 Å². The highest BCUT2D eigenvalue weighted by Gasteiger charge is 2.21. The minimum absolute atomic E-state index is 0.0450. The summed E-state index contributed by atoms with van der Waals surface area (Å²) in [5, 5.41) is 0. The molecule has 0 unspecified atom stereocenters. The van der Waals surface area contributed by atoms with E-state index in [2.05, 4.69) is 16.5 Å². The molecular weight excluding hydrogens is 394 g/mol. The summed E-state index contributed by atoms with van der Waals surface area (Å²) in [7, 11) is -3.57. The van der Waals surface area contributed by atoms with E-state index in [1.54, 1.807) is 22.8 Å². The van der Waals surface area contributed by atoms with Gasteiger partial charge < -0.3 is 4.90 Å². The lowest BCUT2D eigenvalue weighted by Gasteiger charge is -2.35. The van der Waals surface area contributed by atoms with Gasteiger partial charge in [-0.3, -0.25) is 9.36 Å². The molecular formula is C20H31N3O3S2. The summed E-state index contributed by atoms with van der Waals surface area (Å²) in [6, 6.07) is 5.62. The van der Waals surface area contributed by atoms with Crippen molar-refractivity contribution in [1.82, 2.24) is 14.2 Å². The van der Waals surface area contributed by atoms with E-state index < -0.39 is 10.0 Å². The zero-order valence-electron chi connectivity index (χ0n) is 17.0. The molecule has 1 saturated heterocycles. The van der Waals surface area contributed by atoms with Gasteiger partial charge in [0.05, 0.1) is 15.1 Å². The standard InChI is InChI=1S/C20H31N3O3S2/c1-4-16-8-5-6-12-22(16)13-7-11-21-28(25,26)17-9-10-18-19(14-17)27-20(24)23(18)15(2)3/h9-10,14-16,21H,4-8,11-13H2,1-3H3/t16-/m1/s1. The summed E-state index contributed by atoms with van der Waals surface area (Å²) in [5.74, 6) is 0. The summed E-state index contributed by atoms with van der Waals surface area (Å²) >= 11 is 1.10. The number of nitrogens with one attached hydrogen (secondary N) is 1. The SMILES string of the molecule is CC[C@@H]1CCCCN1CCCNS(=O)(=O)c1ccc2c(c1)sc(=O)n2C(C)C. The molecule has 0 aliphatic carbocycles. The highest BCUT2D eigenvalue weighted by Crippen LogP contribution is 2.24. The highest BCUT2D eigenvalue weighted by molar-refractivity contribution is 7.89. The maximum atomic E-state index is 12.7. The molecule has 8 heteroatoms. The Morgan fingerprint density at radius 1 is 1.29 bits per heavy atom. The lowest BCUT2D eigenvalue weighted by molar-refractivity contribution is 0.143. The van der Waals surface area contributed by atoms with Crippen LogP contribution in [0.25, 0.3) is 10.2 Å². The highest BCUT2D eigenvalue weighted by atomic mass is 32.2. The monoisotopic (exact) mass is 425 g/mol. The largest absolute Gasteiger partial charge is 0.308 e. The second-order valence-electron chi connectivity index (χ2n) is 7.81. The van der Waals surface area contributed by atoms with Gasteiger partial charge in [-0.1, -0.05) is 24.7 Å². The number of likely N-dealkylation sites (tertiary alicyclic amines) is 1. The molecule has 2 heterocycles. The molecule has 3 rings (SSSR count). The fourth-order valence-corrected chi connectivity index (χ4v) is 6.29. The lowest BCUT2D eigenvalue weighted by Crippen LogP contribution is -2.40. The van der Waals surface area contributed by atoms with Crippen LogP contribution in [0.15, 0.2) is 27.9 Å². The lowest BCUT2D eigenvalue weighted by atomic mass is 10.00. The number of aromatic nitrogens is 1. The summed E-state index contributed by atoms with van der Waals surface area (Å²) in [6.07, 6.45) is 5.75. The van der Waals surface area contributed by atoms with E-state index in [9.17, 15) is 13.2 Å². The summed E-state index contributed by atoms with van der Waals surface area (Å²) < 4.78 is 30.5. The van der Waals surface area contributed by atoms with Gasteiger partial charge in [0.1, 0.15) is 0 Å². The van der Waals surface area contributed by atoms with Crippen LogP contribution in [0.3, 0.4) is 0 Å². The summed E-state index contributed by atoms with van der Waals surface area (Å²) in [4.78, 5) is 14.8. The van der Waals surface area contributed by atoms with Crippen LogP contribution in [0.4, 0.5) is 0 Å². The molecule has 6 nitrogen and oxygen atoms in total. The molecule has 0 bridgehead atoms. The molecule has 2 aromatic rings. The molecule has 0 spiro atoms. The normalized spacial score (nSPS) is 18.9. The van der Waals surface area contributed by atoms with Crippen molar-refractivity contribution in [3.63, 3.8) is 0 Å². The Morgan fingerprint density at radius 2 is 2.07 bits per heavy atom. The number of fused-ring (bicyclic) bond motifs is 1. The minimum Gasteiger partial charge on any atom is -0.300 e. The second-order valence-corrected chi connectivity index (χ2v) is 10.6. The third-order valence-corrected chi connectivity index (χ3v) is 7.92. The molecule has 0 radical (unpaired) electrons. The van der Waals surface area contributed by atoms with Crippen LogP contribution in [-0.4, -0.2) is 43.6 Å². The van der Waals surface area contributed by atoms with Crippen molar-refractivity contribution in [3.05, 3.63) is 27.9 Å². The average Bonchev–Trinajstić information content (AvgIpc) is 3.00. The van der Waals surface area contributed by atoms with Crippen LogP contribution in [0.2, 0.25) is 0 Å². The summed E-state index contributed by atoms with van der Waals surface area (Å²) in [5.41, 5.74) is 0.791. The van der Waals surface area contributed by atoms with E-state index in [1.807, 2.05) is 13.8 Å². The topological polar surface area (TPSA) is 71.4 Å². The zero-order chi connectivity index (χ0) is 20.3. The number of nitrogens with zero attached hydrogens (tertiary/aromatic N) is 2. The molecule has 0 saturated carbocycles. The average molecular weight is 426 g/mol. The van der Waals surface area contributed by atoms with Crippen molar-refractivity contribution in [3.8, 4) is 0 Å². The fourth-order valence-electron chi connectivity index (χ4n) is 4.06. The van der Waals surface area contributed by atoms with Gasteiger partial charge in [-0.25, -0.2) is 13.1 Å². The smallest absolute Gasteiger partial charge is 0.300 e. The molecule has 1 aliphatic rings. The summed E-state index contributed by atoms with van der Waals surface area (Å²) in [6.45, 7) is 8.60. The predicted octanol–water partition coefficient (Wildman–Crippen LogP) is 3.58. The Hall–Kier alpha value is -1.22. The molecule has 156 valence electrons. The number of sulfonamides is 1.